The Hall–Kier alpha value is -3.89. The lowest BCUT2D eigenvalue weighted by Crippen LogP contribution is -2.41. The second-order valence-corrected chi connectivity index (χ2v) is 10.3. The first kappa shape index (κ1) is 30.1. The fourth-order valence-electron chi connectivity index (χ4n) is 3.91. The molecule has 1 saturated carbocycles. The number of carbonyl (C=O) groups excluding carboxylic acids is 1. The zero-order chi connectivity index (χ0) is 29.9. The number of carbonyl (C=O) groups is 1. The zero-order valence-electron chi connectivity index (χ0n) is 22.6. The van der Waals surface area contributed by atoms with Gasteiger partial charge in [-0.05, 0) is 38.3 Å². The maximum atomic E-state index is 13.8. The largest absolute Gasteiger partial charge is 0.592 e. The smallest absolute Gasteiger partial charge is 0.408 e. The van der Waals surface area contributed by atoms with Gasteiger partial charge in [-0.25, -0.2) is 29.9 Å². The molecular formula is C25H28F3N9O3S. The molecule has 0 aromatic carbocycles. The Morgan fingerprint density at radius 2 is 2.05 bits per heavy atom. The van der Waals surface area contributed by atoms with Gasteiger partial charge < -0.3 is 19.5 Å². The van der Waals surface area contributed by atoms with E-state index in [0.717, 1.165) is 24.7 Å². The van der Waals surface area contributed by atoms with Gasteiger partial charge in [-0.15, -0.1) is 5.14 Å². The van der Waals surface area contributed by atoms with E-state index in [4.69, 9.17) is 9.88 Å². The molecule has 0 spiro atoms. The number of pyridine rings is 1. The van der Waals surface area contributed by atoms with Crippen LogP contribution in [0.1, 0.15) is 42.6 Å². The van der Waals surface area contributed by atoms with E-state index >= 15 is 0 Å². The Morgan fingerprint density at radius 3 is 2.61 bits per heavy atom. The highest BCUT2D eigenvalue weighted by atomic mass is 32.2. The van der Waals surface area contributed by atoms with Gasteiger partial charge >= 0.3 is 6.18 Å². The Balaban J connectivity index is 1.78. The number of halogens is 3. The summed E-state index contributed by atoms with van der Waals surface area (Å²) in [6, 6.07) is 1.15. The van der Waals surface area contributed by atoms with Gasteiger partial charge in [0.2, 0.25) is 5.88 Å². The summed E-state index contributed by atoms with van der Waals surface area (Å²) in [7, 11) is 2.67. The second kappa shape index (κ2) is 12.3. The molecule has 1 fully saturated rings. The Bertz CT molecular complexity index is 1430. The van der Waals surface area contributed by atoms with E-state index in [-0.39, 0.29) is 52.2 Å². The summed E-state index contributed by atoms with van der Waals surface area (Å²) in [5.41, 5.74) is 1.85. The fraction of sp³-hybridized carbons (Fsp3) is 0.400. The van der Waals surface area contributed by atoms with Crippen LogP contribution in [0, 0.1) is 6.92 Å². The predicted molar refractivity (Wildman–Crippen MR) is 145 cm³/mol. The first-order chi connectivity index (χ1) is 19.4. The van der Waals surface area contributed by atoms with Gasteiger partial charge in [-0.3, -0.25) is 4.79 Å². The van der Waals surface area contributed by atoms with Crippen molar-refractivity contribution >= 4 is 35.0 Å². The van der Waals surface area contributed by atoms with Crippen LogP contribution in [0.2, 0.25) is 0 Å². The molecule has 3 aromatic heterocycles. The van der Waals surface area contributed by atoms with Gasteiger partial charge in [0.1, 0.15) is 23.6 Å². The molecule has 1 aliphatic carbocycles. The van der Waals surface area contributed by atoms with E-state index in [1.807, 2.05) is 0 Å². The summed E-state index contributed by atoms with van der Waals surface area (Å²) in [6.07, 6.45) is 0.419. The van der Waals surface area contributed by atoms with Crippen LogP contribution in [0.25, 0.3) is 11.4 Å². The molecule has 0 amide bonds. The highest BCUT2D eigenvalue weighted by Crippen LogP contribution is 2.46. The van der Waals surface area contributed by atoms with Crippen molar-refractivity contribution in [3.63, 3.8) is 0 Å². The SMILES string of the molecule is COc1ncnc(C2CC2)c1-c1nc(C)c(/N=C(\C=O)NCc2ccc([S+](N)[O-])nc2)c(N(C)C(C)C(F)(F)F)n1. The third kappa shape index (κ3) is 6.89. The Morgan fingerprint density at radius 1 is 1.32 bits per heavy atom. The Labute approximate surface area is 237 Å². The number of alkyl halides is 3. The normalized spacial score (nSPS) is 15.3. The number of aldehydes is 1. The lowest BCUT2D eigenvalue weighted by molar-refractivity contribution is -0.144. The molecule has 41 heavy (non-hydrogen) atoms. The quantitative estimate of drug-likeness (QED) is 0.154. The van der Waals surface area contributed by atoms with Crippen LogP contribution in [0.5, 0.6) is 5.88 Å². The standard InChI is InChI=1S/C25H28F3N9O3S/c1-13-20(35-17(11-38)30-9-15-5-8-18(31-10-15)41(29)39)23(37(3)14(2)25(26,27)28)36-22(34-13)19-21(16-6-7-16)32-12-33-24(19)40-4/h5,8,10-12,14,16H,6-7,9,29H2,1-4H3,(H,30,35). The van der Waals surface area contributed by atoms with Crippen molar-refractivity contribution in [3.8, 4) is 17.3 Å². The van der Waals surface area contributed by atoms with Gasteiger partial charge in [0, 0.05) is 31.8 Å². The highest BCUT2D eigenvalue weighted by Gasteiger charge is 2.40. The minimum absolute atomic E-state index is 0.0299. The number of anilines is 1. The summed E-state index contributed by atoms with van der Waals surface area (Å²) < 4.78 is 58.2. The van der Waals surface area contributed by atoms with Crippen LogP contribution >= 0.6 is 0 Å². The molecule has 2 unspecified atom stereocenters. The zero-order valence-corrected chi connectivity index (χ0v) is 23.5. The third-order valence-corrected chi connectivity index (χ3v) is 7.13. The molecular weight excluding hydrogens is 563 g/mol. The molecule has 0 aliphatic heterocycles. The number of rotatable bonds is 10. The van der Waals surface area contributed by atoms with Crippen molar-refractivity contribution in [3.05, 3.63) is 41.6 Å². The summed E-state index contributed by atoms with van der Waals surface area (Å²) in [6.45, 7) is 2.65. The maximum Gasteiger partial charge on any atom is 0.408 e. The van der Waals surface area contributed by atoms with Gasteiger partial charge in [0.15, 0.2) is 23.8 Å². The van der Waals surface area contributed by atoms with E-state index in [1.165, 1.54) is 32.7 Å². The van der Waals surface area contributed by atoms with E-state index in [0.29, 0.717) is 23.1 Å². The first-order valence-electron chi connectivity index (χ1n) is 12.4. The van der Waals surface area contributed by atoms with E-state index < -0.39 is 23.6 Å². The topological polar surface area (TPSA) is 167 Å². The average molecular weight is 592 g/mol. The minimum atomic E-state index is -4.58. The van der Waals surface area contributed by atoms with Crippen molar-refractivity contribution in [2.75, 3.05) is 19.1 Å². The number of methoxy groups -OCH3 is 1. The molecule has 12 nitrogen and oxygen atoms in total. The van der Waals surface area contributed by atoms with Crippen molar-refractivity contribution < 1.29 is 27.3 Å². The molecule has 3 N–H and O–H groups in total. The summed E-state index contributed by atoms with van der Waals surface area (Å²) >= 11 is -1.74. The van der Waals surface area contributed by atoms with E-state index in [9.17, 15) is 22.5 Å². The molecule has 3 heterocycles. The van der Waals surface area contributed by atoms with Crippen molar-refractivity contribution in [1.82, 2.24) is 30.2 Å². The number of nitrogens with zero attached hydrogens (tertiary/aromatic N) is 7. The van der Waals surface area contributed by atoms with Crippen molar-refractivity contribution in [2.24, 2.45) is 10.1 Å². The maximum absolute atomic E-state index is 13.8. The number of aliphatic imine (C=N–C) groups is 1. The number of nitrogens with one attached hydrogen (secondary N) is 1. The number of ether oxygens (including phenoxy) is 1. The summed E-state index contributed by atoms with van der Waals surface area (Å²) in [5, 5.41) is 8.33. The van der Waals surface area contributed by atoms with Crippen molar-refractivity contribution in [2.45, 2.75) is 56.4 Å². The number of hydrogen-bond acceptors (Lipinski definition) is 11. The highest BCUT2D eigenvalue weighted by molar-refractivity contribution is 7.89. The summed E-state index contributed by atoms with van der Waals surface area (Å²) in [5.74, 6) is 0.0922. The van der Waals surface area contributed by atoms with Crippen LogP contribution in [-0.4, -0.2) is 68.0 Å². The molecule has 4 rings (SSSR count). The van der Waals surface area contributed by atoms with Gasteiger partial charge in [-0.1, -0.05) is 0 Å². The molecule has 0 bridgehead atoms. The molecule has 218 valence electrons. The fourth-order valence-corrected chi connectivity index (χ4v) is 4.27. The second-order valence-electron chi connectivity index (χ2n) is 9.32. The molecule has 2 atom stereocenters. The molecule has 0 saturated heterocycles. The number of aromatic nitrogens is 5. The average Bonchev–Trinajstić information content (AvgIpc) is 3.80. The minimum Gasteiger partial charge on any atom is -0.592 e. The lowest BCUT2D eigenvalue weighted by Gasteiger charge is -2.29. The predicted octanol–water partition coefficient (Wildman–Crippen LogP) is 2.91. The van der Waals surface area contributed by atoms with E-state index in [2.05, 4.69) is 35.2 Å². The van der Waals surface area contributed by atoms with Gasteiger partial charge in [0.25, 0.3) is 5.03 Å². The van der Waals surface area contributed by atoms with Crippen molar-refractivity contribution in [1.29, 1.82) is 0 Å². The Kier molecular flexibility index (Phi) is 9.04. The van der Waals surface area contributed by atoms with Crippen LogP contribution < -0.4 is 20.1 Å². The number of aryl methyl sites for hydroxylation is 1. The monoisotopic (exact) mass is 591 g/mol. The number of nitrogens with two attached hydrogens (primary N) is 1. The number of hydrogen-bond donors (Lipinski definition) is 2. The van der Waals surface area contributed by atoms with Crippen LogP contribution in [0.15, 0.2) is 34.7 Å². The third-order valence-electron chi connectivity index (χ3n) is 6.47. The van der Waals surface area contributed by atoms with Crippen LogP contribution in [-0.2, 0) is 22.7 Å². The van der Waals surface area contributed by atoms with E-state index in [1.54, 1.807) is 13.0 Å². The van der Waals surface area contributed by atoms with Gasteiger partial charge in [-0.2, -0.15) is 13.2 Å². The van der Waals surface area contributed by atoms with Crippen LogP contribution in [0.3, 0.4) is 0 Å². The van der Waals surface area contributed by atoms with Gasteiger partial charge in [0.05, 0.1) is 29.9 Å². The number of amidine groups is 1. The molecule has 16 heteroatoms. The van der Waals surface area contributed by atoms with Crippen LogP contribution in [0.4, 0.5) is 24.7 Å². The lowest BCUT2D eigenvalue weighted by atomic mass is 10.1. The molecule has 0 radical (unpaired) electrons. The molecule has 3 aromatic rings. The first-order valence-corrected chi connectivity index (χ1v) is 13.6. The molecule has 1 aliphatic rings. The summed E-state index contributed by atoms with van der Waals surface area (Å²) in [4.78, 5) is 38.7.